The zero-order valence-electron chi connectivity index (χ0n) is 15.5. The van der Waals surface area contributed by atoms with Gasteiger partial charge in [-0.3, -0.25) is 4.79 Å². The van der Waals surface area contributed by atoms with E-state index in [9.17, 15) is 9.59 Å². The summed E-state index contributed by atoms with van der Waals surface area (Å²) in [5.41, 5.74) is 3.25. The van der Waals surface area contributed by atoms with Crippen molar-refractivity contribution in [1.29, 1.82) is 0 Å². The number of carbonyl (C=O) groups is 1. The molecule has 0 amide bonds. The number of carbonyl (C=O) groups excluding carboxylic acids is 1. The number of rotatable bonds is 5. The van der Waals surface area contributed by atoms with E-state index >= 15 is 0 Å². The van der Waals surface area contributed by atoms with Crippen LogP contribution in [0.2, 0.25) is 0 Å². The Morgan fingerprint density at radius 1 is 1.25 bits per heavy atom. The number of ether oxygens (including phenoxy) is 1. The van der Waals surface area contributed by atoms with Crippen LogP contribution in [0, 0.1) is 6.92 Å². The maximum atomic E-state index is 13.0. The Balaban J connectivity index is 1.84. The molecule has 8 nitrogen and oxygen atoms in total. The number of pyridine rings is 1. The van der Waals surface area contributed by atoms with Gasteiger partial charge in [0.25, 0.3) is 5.56 Å². The van der Waals surface area contributed by atoms with E-state index in [0.717, 1.165) is 11.3 Å². The lowest BCUT2D eigenvalue weighted by atomic mass is 10.1. The first-order valence-corrected chi connectivity index (χ1v) is 8.83. The van der Waals surface area contributed by atoms with Crippen molar-refractivity contribution < 1.29 is 9.53 Å². The standard InChI is InChI=1S/C20H19N5O3/c1-13-5-3-4-6-17(13)25-19(26)15-10-24(8-7-14-9-21-12-22-14)11-16(18(15)23-25)20(27)28-2/h3-6,9-12H,7-8H2,1-2H3,(H,21,22). The highest BCUT2D eigenvalue weighted by Crippen LogP contribution is 2.24. The summed E-state index contributed by atoms with van der Waals surface area (Å²) in [6.07, 6.45) is 7.43. The summed E-state index contributed by atoms with van der Waals surface area (Å²) >= 11 is 0. The molecule has 2 aromatic rings. The zero-order chi connectivity index (χ0) is 19.7. The van der Waals surface area contributed by atoms with Gasteiger partial charge in [0, 0.05) is 37.3 Å². The van der Waals surface area contributed by atoms with Crippen LogP contribution in [-0.4, -0.2) is 37.4 Å². The first kappa shape index (κ1) is 17.7. The molecule has 0 radical (unpaired) electrons. The van der Waals surface area contributed by atoms with Crippen molar-refractivity contribution in [1.82, 2.24) is 24.3 Å². The third-order valence-corrected chi connectivity index (χ3v) is 4.67. The largest absolute Gasteiger partial charge is 0.465 e. The Kier molecular flexibility index (Phi) is 4.52. The Morgan fingerprint density at radius 2 is 2.07 bits per heavy atom. The molecule has 3 heterocycles. The highest BCUT2D eigenvalue weighted by molar-refractivity contribution is 5.96. The van der Waals surface area contributed by atoms with Crippen molar-refractivity contribution in [2.45, 2.75) is 19.9 Å². The fraction of sp³-hybridized carbons (Fsp3) is 0.200. The summed E-state index contributed by atoms with van der Waals surface area (Å²) in [5, 5.41) is 4.44. The molecule has 0 atom stereocenters. The third kappa shape index (κ3) is 3.09. The minimum atomic E-state index is -0.532. The van der Waals surface area contributed by atoms with Gasteiger partial charge < -0.3 is 14.3 Å². The summed E-state index contributed by atoms with van der Waals surface area (Å²) in [4.78, 5) is 32.4. The van der Waals surface area contributed by atoms with Crippen molar-refractivity contribution in [2.75, 3.05) is 7.11 Å². The van der Waals surface area contributed by atoms with Gasteiger partial charge >= 0.3 is 5.97 Å². The smallest absolute Gasteiger partial charge is 0.341 e. The molecule has 8 heteroatoms. The number of hydrogen-bond acceptors (Lipinski definition) is 5. The van der Waals surface area contributed by atoms with Crippen molar-refractivity contribution in [2.24, 2.45) is 0 Å². The van der Waals surface area contributed by atoms with E-state index in [1.54, 1.807) is 29.5 Å². The van der Waals surface area contributed by atoms with Crippen LogP contribution in [0.3, 0.4) is 0 Å². The van der Waals surface area contributed by atoms with Gasteiger partial charge in [-0.25, -0.2) is 9.78 Å². The molecule has 4 rings (SSSR count). The summed E-state index contributed by atoms with van der Waals surface area (Å²) in [6, 6.07) is 7.48. The predicted octanol–water partition coefficient (Wildman–Crippen LogP) is 2.20. The number of hydrogen-bond donors (Lipinski definition) is 1. The predicted molar refractivity (Wildman–Crippen MR) is 103 cm³/mol. The van der Waals surface area contributed by atoms with E-state index in [1.807, 2.05) is 31.2 Å². The quantitative estimate of drug-likeness (QED) is 0.538. The Labute approximate surface area is 160 Å². The van der Waals surface area contributed by atoms with Crippen LogP contribution < -0.4 is 5.56 Å². The third-order valence-electron chi connectivity index (χ3n) is 4.67. The summed E-state index contributed by atoms with van der Waals surface area (Å²) in [7, 11) is 1.31. The second-order valence-corrected chi connectivity index (χ2v) is 6.49. The van der Waals surface area contributed by atoms with Gasteiger partial charge in [0.15, 0.2) is 0 Å². The van der Waals surface area contributed by atoms with Gasteiger partial charge in [0.1, 0.15) is 11.3 Å². The molecular weight excluding hydrogens is 358 g/mol. The van der Waals surface area contributed by atoms with Crippen molar-refractivity contribution in [3.05, 3.63) is 76.4 Å². The number of fused-ring (bicyclic) bond motifs is 1. The Bertz CT molecular complexity index is 1160. The Hall–Kier alpha value is -3.68. The average molecular weight is 377 g/mol. The fourth-order valence-corrected chi connectivity index (χ4v) is 3.18. The molecule has 0 saturated heterocycles. The van der Waals surface area contributed by atoms with Crippen molar-refractivity contribution in [3.63, 3.8) is 0 Å². The molecule has 2 aliphatic heterocycles. The van der Waals surface area contributed by atoms with E-state index < -0.39 is 5.97 Å². The molecule has 2 aliphatic rings. The zero-order valence-corrected chi connectivity index (χ0v) is 15.5. The van der Waals surface area contributed by atoms with Gasteiger partial charge in [-0.15, -0.1) is 0 Å². The van der Waals surface area contributed by atoms with E-state index in [0.29, 0.717) is 29.9 Å². The van der Waals surface area contributed by atoms with Gasteiger partial charge in [0.05, 0.1) is 24.7 Å². The molecule has 1 N–H and O–H groups in total. The van der Waals surface area contributed by atoms with Gasteiger partial charge in [-0.05, 0) is 18.6 Å². The maximum Gasteiger partial charge on any atom is 0.341 e. The molecule has 28 heavy (non-hydrogen) atoms. The summed E-state index contributed by atoms with van der Waals surface area (Å²) < 4.78 is 8.05. The van der Waals surface area contributed by atoms with Crippen molar-refractivity contribution >= 4 is 5.97 Å². The number of para-hydroxylation sites is 1. The number of H-pyrrole nitrogens is 1. The number of nitrogens with one attached hydrogen (secondary N) is 1. The van der Waals surface area contributed by atoms with Crippen LogP contribution in [-0.2, 0) is 17.7 Å². The first-order valence-electron chi connectivity index (χ1n) is 8.83. The molecule has 1 aromatic carbocycles. The highest BCUT2D eigenvalue weighted by atomic mass is 16.5. The van der Waals surface area contributed by atoms with Gasteiger partial charge in [-0.1, -0.05) is 18.2 Å². The summed E-state index contributed by atoms with van der Waals surface area (Å²) in [5.74, 6) is -0.532. The molecule has 0 spiro atoms. The number of methoxy groups -OCH3 is 1. The number of aromatic amines is 1. The SMILES string of the molecule is COC(=O)c1cn(CCc2cnc[nH]2)cc2c(=O)n(-c3ccccc3C)nc1-2. The summed E-state index contributed by atoms with van der Waals surface area (Å²) in [6.45, 7) is 2.48. The number of aromatic nitrogens is 5. The van der Waals surface area contributed by atoms with E-state index in [1.165, 1.54) is 11.8 Å². The van der Waals surface area contributed by atoms with Crippen LogP contribution >= 0.6 is 0 Å². The van der Waals surface area contributed by atoms with Crippen LogP contribution in [0.5, 0.6) is 0 Å². The van der Waals surface area contributed by atoms with Crippen molar-refractivity contribution in [3.8, 4) is 16.9 Å². The lowest BCUT2D eigenvalue weighted by molar-refractivity contribution is 0.0600. The number of nitrogens with zero attached hydrogens (tertiary/aromatic N) is 4. The van der Waals surface area contributed by atoms with E-state index in [-0.39, 0.29) is 11.1 Å². The van der Waals surface area contributed by atoms with Crippen LogP contribution in [0.1, 0.15) is 21.6 Å². The number of aryl methyl sites for hydroxylation is 3. The molecule has 0 saturated carbocycles. The second-order valence-electron chi connectivity index (χ2n) is 6.49. The molecule has 0 fully saturated rings. The van der Waals surface area contributed by atoms with E-state index in [4.69, 9.17) is 4.74 Å². The van der Waals surface area contributed by atoms with Crippen LogP contribution in [0.4, 0.5) is 0 Å². The minimum Gasteiger partial charge on any atom is -0.465 e. The lowest BCUT2D eigenvalue weighted by Crippen LogP contribution is -2.16. The molecular formula is C20H19N5O3. The number of imidazole rings is 1. The van der Waals surface area contributed by atoms with E-state index in [2.05, 4.69) is 15.1 Å². The second kappa shape index (κ2) is 7.15. The topological polar surface area (TPSA) is 94.8 Å². The lowest BCUT2D eigenvalue weighted by Gasteiger charge is -2.11. The minimum absolute atomic E-state index is 0.258. The molecule has 0 aliphatic carbocycles. The maximum absolute atomic E-state index is 13.0. The first-order chi connectivity index (χ1) is 13.6. The van der Waals surface area contributed by atoms with Gasteiger partial charge in [0.2, 0.25) is 0 Å². The normalized spacial score (nSPS) is 11.1. The highest BCUT2D eigenvalue weighted by Gasteiger charge is 2.25. The average Bonchev–Trinajstić information content (AvgIpc) is 3.34. The molecule has 142 valence electrons. The Morgan fingerprint density at radius 3 is 2.79 bits per heavy atom. The monoisotopic (exact) mass is 377 g/mol. The molecule has 1 aromatic heterocycles. The van der Waals surface area contributed by atoms with Crippen LogP contribution in [0.15, 0.2) is 54.0 Å². The van der Waals surface area contributed by atoms with Crippen LogP contribution in [0.25, 0.3) is 16.9 Å². The number of esters is 1. The van der Waals surface area contributed by atoms with Gasteiger partial charge in [-0.2, -0.15) is 9.78 Å². The molecule has 0 unspecified atom stereocenters. The fourth-order valence-electron chi connectivity index (χ4n) is 3.18. The molecule has 0 bridgehead atoms. The number of benzene rings is 1.